The number of alkyl halides is 2. The fourth-order valence-electron chi connectivity index (χ4n) is 4.89. The molecule has 0 saturated carbocycles. The first-order chi connectivity index (χ1) is 19.0. The van der Waals surface area contributed by atoms with Gasteiger partial charge in [0.25, 0.3) is 17.4 Å². The molecule has 7 nitrogen and oxygen atoms in total. The summed E-state index contributed by atoms with van der Waals surface area (Å²) in [6.07, 6.45) is 2.68. The summed E-state index contributed by atoms with van der Waals surface area (Å²) in [6, 6.07) is 9.19. The van der Waals surface area contributed by atoms with Crippen LogP contribution >= 0.6 is 35.0 Å². The first kappa shape index (κ1) is 28.3. The van der Waals surface area contributed by atoms with Gasteiger partial charge in [0.05, 0.1) is 21.4 Å². The second kappa shape index (κ2) is 11.0. The van der Waals surface area contributed by atoms with Crippen LogP contribution in [0.2, 0.25) is 10.0 Å². The summed E-state index contributed by atoms with van der Waals surface area (Å²) >= 11 is 13.4. The lowest BCUT2D eigenvalue weighted by molar-refractivity contribution is -0.119. The first-order valence-corrected chi connectivity index (χ1v) is 14.0. The van der Waals surface area contributed by atoms with Gasteiger partial charge >= 0.3 is 0 Å². The molecule has 5 rings (SSSR count). The zero-order valence-electron chi connectivity index (χ0n) is 21.2. The molecule has 1 fully saturated rings. The number of pyridine rings is 1. The van der Waals surface area contributed by atoms with Gasteiger partial charge in [-0.15, -0.1) is 0 Å². The van der Waals surface area contributed by atoms with Crippen molar-refractivity contribution in [3.63, 3.8) is 0 Å². The number of anilines is 1. The Balaban J connectivity index is 1.53. The predicted octanol–water partition coefficient (Wildman–Crippen LogP) is 6.43. The topological polar surface area (TPSA) is 90.6 Å². The molecule has 0 bridgehead atoms. The van der Waals surface area contributed by atoms with E-state index in [0.29, 0.717) is 47.9 Å². The molecule has 3 aromatic rings. The Hall–Kier alpha value is -3.21. The van der Waals surface area contributed by atoms with Crippen LogP contribution < -0.4 is 10.5 Å². The Morgan fingerprint density at radius 1 is 1.07 bits per heavy atom. The third-order valence-electron chi connectivity index (χ3n) is 6.91. The van der Waals surface area contributed by atoms with E-state index in [1.807, 2.05) is 0 Å². The van der Waals surface area contributed by atoms with Crippen LogP contribution in [0.1, 0.15) is 63.7 Å². The number of carbonyl (C=O) groups is 3. The molecule has 0 radical (unpaired) electrons. The van der Waals surface area contributed by atoms with Crippen molar-refractivity contribution >= 4 is 58.8 Å². The number of piperidine rings is 1. The minimum Gasteiger partial charge on any atom is -0.330 e. The molecule has 0 unspecified atom stereocenters. The molecule has 2 aromatic carbocycles. The maximum atomic E-state index is 14.2. The number of nitrogens with one attached hydrogen (secondary N) is 1. The number of carbonyl (C=O) groups excluding carboxylic acids is 3. The van der Waals surface area contributed by atoms with Crippen molar-refractivity contribution in [2.75, 3.05) is 11.4 Å². The molecular formula is C28H23Cl2F2N3O4S. The number of hydrogen-bond acceptors (Lipinski definition) is 5. The van der Waals surface area contributed by atoms with Gasteiger partial charge in [-0.05, 0) is 54.3 Å². The molecule has 0 spiro atoms. The number of amides is 2. The van der Waals surface area contributed by atoms with E-state index in [1.165, 1.54) is 4.90 Å². The maximum Gasteiger partial charge on any atom is 0.284 e. The number of aromatic amines is 1. The van der Waals surface area contributed by atoms with E-state index < -0.39 is 23.1 Å². The highest BCUT2D eigenvalue weighted by molar-refractivity contribution is 7.99. The van der Waals surface area contributed by atoms with E-state index in [0.717, 1.165) is 36.2 Å². The zero-order chi connectivity index (χ0) is 28.8. The van der Waals surface area contributed by atoms with Gasteiger partial charge in [0.2, 0.25) is 5.91 Å². The highest BCUT2D eigenvalue weighted by Gasteiger charge is 2.34. The Labute approximate surface area is 242 Å². The monoisotopic (exact) mass is 605 g/mol. The average Bonchev–Trinajstić information content (AvgIpc) is 3.32. The van der Waals surface area contributed by atoms with Crippen LogP contribution in [0, 0.1) is 0 Å². The molecule has 0 atom stereocenters. The summed E-state index contributed by atoms with van der Waals surface area (Å²) in [7, 11) is 0. The van der Waals surface area contributed by atoms with Crippen LogP contribution in [0.3, 0.4) is 0 Å². The van der Waals surface area contributed by atoms with E-state index in [-0.39, 0.29) is 39.5 Å². The van der Waals surface area contributed by atoms with Crippen molar-refractivity contribution in [3.8, 4) is 0 Å². The number of nitrogens with zero attached hydrogens (tertiary/aromatic N) is 2. The largest absolute Gasteiger partial charge is 0.330 e. The van der Waals surface area contributed by atoms with Gasteiger partial charge in [-0.1, -0.05) is 41.0 Å². The van der Waals surface area contributed by atoms with Gasteiger partial charge in [-0.25, -0.2) is 8.78 Å². The number of aromatic nitrogens is 1. The van der Waals surface area contributed by atoms with Crippen LogP contribution in [0.5, 0.6) is 0 Å². The molecule has 1 saturated heterocycles. The number of fused-ring (bicyclic) bond motifs is 1. The molecule has 2 aliphatic heterocycles. The smallest absolute Gasteiger partial charge is 0.284 e. The van der Waals surface area contributed by atoms with Gasteiger partial charge < -0.3 is 14.8 Å². The predicted molar refractivity (Wildman–Crippen MR) is 149 cm³/mol. The summed E-state index contributed by atoms with van der Waals surface area (Å²) < 4.78 is 28.5. The highest BCUT2D eigenvalue weighted by Crippen LogP contribution is 2.41. The van der Waals surface area contributed by atoms with Crippen molar-refractivity contribution in [2.24, 2.45) is 0 Å². The molecule has 1 N–H and O–H groups in total. The SMILES string of the molecule is CC(F)(F)c1cc(Sc2c(Cl)cccc2Cl)c(C(=O)N2Cc3cc(C=O)c(N4CCCCC4=O)cc3C2)c(=O)[nH]1. The zero-order valence-corrected chi connectivity index (χ0v) is 23.6. The second-order valence-electron chi connectivity index (χ2n) is 9.75. The maximum absolute atomic E-state index is 14.2. The summed E-state index contributed by atoms with van der Waals surface area (Å²) in [5.41, 5.74) is 0.285. The average molecular weight is 606 g/mol. The van der Waals surface area contributed by atoms with Crippen molar-refractivity contribution in [2.45, 2.75) is 55.0 Å². The number of H-pyrrole nitrogens is 1. The number of benzene rings is 2. The molecule has 2 amide bonds. The third-order valence-corrected chi connectivity index (χ3v) is 8.95. The van der Waals surface area contributed by atoms with Gasteiger partial charge in [0, 0.05) is 48.3 Å². The number of halogens is 4. The lowest BCUT2D eigenvalue weighted by Gasteiger charge is -2.28. The Morgan fingerprint density at radius 2 is 1.75 bits per heavy atom. The Morgan fingerprint density at radius 3 is 2.38 bits per heavy atom. The van der Waals surface area contributed by atoms with Gasteiger partial charge in [-0.2, -0.15) is 0 Å². The number of rotatable bonds is 6. The molecule has 0 aliphatic carbocycles. The van der Waals surface area contributed by atoms with Gasteiger partial charge in [0.1, 0.15) is 5.56 Å². The van der Waals surface area contributed by atoms with Crippen LogP contribution in [0.15, 0.2) is 51.0 Å². The Kier molecular flexibility index (Phi) is 7.78. The lowest BCUT2D eigenvalue weighted by Crippen LogP contribution is -2.36. The van der Waals surface area contributed by atoms with Crippen molar-refractivity contribution < 1.29 is 23.2 Å². The van der Waals surface area contributed by atoms with Crippen molar-refractivity contribution in [1.82, 2.24) is 9.88 Å². The summed E-state index contributed by atoms with van der Waals surface area (Å²) in [5.74, 6) is -4.13. The van der Waals surface area contributed by atoms with E-state index in [2.05, 4.69) is 4.98 Å². The molecule has 40 heavy (non-hydrogen) atoms. The van der Waals surface area contributed by atoms with E-state index in [4.69, 9.17) is 23.2 Å². The van der Waals surface area contributed by atoms with Gasteiger partial charge in [0.15, 0.2) is 6.29 Å². The van der Waals surface area contributed by atoms with Gasteiger partial charge in [-0.3, -0.25) is 19.2 Å². The van der Waals surface area contributed by atoms with Crippen LogP contribution in [-0.4, -0.2) is 34.5 Å². The molecule has 3 heterocycles. The van der Waals surface area contributed by atoms with Crippen LogP contribution in [0.25, 0.3) is 0 Å². The van der Waals surface area contributed by atoms with Crippen LogP contribution in [0.4, 0.5) is 14.5 Å². The van der Waals surface area contributed by atoms with E-state index >= 15 is 0 Å². The first-order valence-electron chi connectivity index (χ1n) is 12.5. The summed E-state index contributed by atoms with van der Waals surface area (Å²) in [4.78, 5) is 56.8. The quantitative estimate of drug-likeness (QED) is 0.327. The fourth-order valence-corrected chi connectivity index (χ4v) is 6.53. The van der Waals surface area contributed by atoms with Crippen LogP contribution in [-0.2, 0) is 23.8 Å². The second-order valence-corrected chi connectivity index (χ2v) is 11.6. The standard InChI is InChI=1S/C28H23Cl2F2N3O4S/c1-28(31,32)22-11-21(40-25-18(29)5-4-6-19(25)30)24(26(38)33-22)27(39)34-12-15-9-17(14-36)20(10-16(15)13-34)35-8-3-2-7-23(35)37/h4-6,9-11,14H,2-3,7-8,12-13H2,1H3,(H,33,38). The molecule has 1 aromatic heterocycles. The third kappa shape index (κ3) is 5.40. The Bertz CT molecular complexity index is 1590. The van der Waals surface area contributed by atoms with Crippen molar-refractivity contribution in [1.29, 1.82) is 0 Å². The minimum atomic E-state index is -3.38. The fraction of sp³-hybridized carbons (Fsp3) is 0.286. The van der Waals surface area contributed by atoms with E-state index in [1.54, 1.807) is 35.2 Å². The molecular weight excluding hydrogens is 583 g/mol. The molecule has 12 heteroatoms. The van der Waals surface area contributed by atoms with E-state index in [9.17, 15) is 28.0 Å². The molecule has 2 aliphatic rings. The summed E-state index contributed by atoms with van der Waals surface area (Å²) in [6.45, 7) is 1.33. The summed E-state index contributed by atoms with van der Waals surface area (Å²) in [5, 5.41) is 0.464. The molecule has 208 valence electrons. The highest BCUT2D eigenvalue weighted by atomic mass is 35.5. The normalized spacial score (nSPS) is 15.4. The minimum absolute atomic E-state index is 0.0237. The lowest BCUT2D eigenvalue weighted by atomic mass is 10.0. The number of aldehydes is 1. The van der Waals surface area contributed by atoms with Crippen molar-refractivity contribution in [3.05, 3.63) is 84.7 Å². The number of hydrogen-bond donors (Lipinski definition) is 1.